The fourth-order valence-corrected chi connectivity index (χ4v) is 2.24. The zero-order chi connectivity index (χ0) is 15.7. The van der Waals surface area contributed by atoms with E-state index in [0.29, 0.717) is 17.0 Å². The van der Waals surface area contributed by atoms with Crippen molar-refractivity contribution in [1.82, 2.24) is 14.6 Å². The van der Waals surface area contributed by atoms with Crippen molar-refractivity contribution in [2.24, 2.45) is 0 Å². The van der Waals surface area contributed by atoms with E-state index >= 15 is 0 Å². The molecule has 0 fully saturated rings. The Labute approximate surface area is 153 Å². The van der Waals surface area contributed by atoms with E-state index in [0.717, 1.165) is 0 Å². The zero-order valence-electron chi connectivity index (χ0n) is 11.7. The molecule has 0 saturated carbocycles. The van der Waals surface area contributed by atoms with Crippen molar-refractivity contribution in [2.75, 3.05) is 7.11 Å². The molecule has 3 rings (SSSR count). The van der Waals surface area contributed by atoms with Gasteiger partial charge in [-0.1, -0.05) is 12.1 Å². The Hall–Kier alpha value is -1.80. The summed E-state index contributed by atoms with van der Waals surface area (Å²) in [6.45, 7) is 0.211. The summed E-state index contributed by atoms with van der Waals surface area (Å²) in [4.78, 5) is 15.5. The predicted molar refractivity (Wildman–Crippen MR) is 83.2 cm³/mol. The van der Waals surface area contributed by atoms with Crippen molar-refractivity contribution in [3.8, 4) is 11.3 Å². The van der Waals surface area contributed by atoms with Gasteiger partial charge in [0.15, 0.2) is 5.65 Å². The van der Waals surface area contributed by atoms with Crippen LogP contribution in [-0.2, 0) is 11.3 Å². The molecule has 0 aliphatic heterocycles. The molecular weight excluding hydrogens is 312 g/mol. The maximum absolute atomic E-state index is 13.5. The summed E-state index contributed by atoms with van der Waals surface area (Å²) in [6, 6.07) is 7.69. The van der Waals surface area contributed by atoms with Gasteiger partial charge in [0.1, 0.15) is 11.4 Å². The molecule has 0 aliphatic carbocycles. The number of fused-ring (bicyclic) bond motifs is 1. The van der Waals surface area contributed by atoms with Gasteiger partial charge in [-0.2, -0.15) is 5.10 Å². The number of aromatic carboxylic acids is 1. The van der Waals surface area contributed by atoms with Gasteiger partial charge < -0.3 is 9.84 Å². The number of benzene rings is 1. The van der Waals surface area contributed by atoms with Gasteiger partial charge in [-0.3, -0.25) is 0 Å². The summed E-state index contributed by atoms with van der Waals surface area (Å²) in [5, 5.41) is 13.3. The second-order valence-electron chi connectivity index (χ2n) is 4.67. The monoisotopic (exact) mass is 325 g/mol. The third-order valence-corrected chi connectivity index (χ3v) is 3.17. The zero-order valence-corrected chi connectivity index (χ0v) is 11.7. The fourth-order valence-electron chi connectivity index (χ4n) is 2.24. The molecule has 1 N–H and O–H groups in total. The fraction of sp³-hybridized carbons (Fsp3) is 0.133. The van der Waals surface area contributed by atoms with Crippen molar-refractivity contribution < 1.29 is 19.0 Å². The Balaban J connectivity index is 0.00000192. The van der Waals surface area contributed by atoms with Crippen molar-refractivity contribution in [3.63, 3.8) is 0 Å². The molecular formula is C15H13FN3NaO3. The Morgan fingerprint density at radius 2 is 2.17 bits per heavy atom. The molecule has 23 heavy (non-hydrogen) atoms. The Morgan fingerprint density at radius 3 is 2.83 bits per heavy atom. The summed E-state index contributed by atoms with van der Waals surface area (Å²) >= 11 is 0. The van der Waals surface area contributed by atoms with Crippen molar-refractivity contribution >= 4 is 41.2 Å². The molecule has 0 saturated heterocycles. The molecule has 6 nitrogen and oxygen atoms in total. The van der Waals surface area contributed by atoms with E-state index < -0.39 is 5.97 Å². The number of halogens is 1. The third-order valence-electron chi connectivity index (χ3n) is 3.17. The Kier molecular flexibility index (Phi) is 5.48. The summed E-state index contributed by atoms with van der Waals surface area (Å²) in [7, 11) is 1.52. The molecule has 0 radical (unpaired) electrons. The van der Waals surface area contributed by atoms with Gasteiger partial charge in [0.25, 0.3) is 0 Å². The second-order valence-corrected chi connectivity index (χ2v) is 4.67. The molecule has 0 atom stereocenters. The second kappa shape index (κ2) is 7.18. The first-order chi connectivity index (χ1) is 10.6. The van der Waals surface area contributed by atoms with E-state index in [4.69, 9.17) is 4.74 Å². The van der Waals surface area contributed by atoms with Crippen LogP contribution in [0.15, 0.2) is 36.5 Å². The van der Waals surface area contributed by atoms with Crippen LogP contribution in [0.3, 0.4) is 0 Å². The first-order valence-corrected chi connectivity index (χ1v) is 6.46. The van der Waals surface area contributed by atoms with Gasteiger partial charge in [0.2, 0.25) is 0 Å². The number of carbonyl (C=O) groups is 1. The topological polar surface area (TPSA) is 76.7 Å². The number of carboxylic acid groups (broad SMARTS) is 1. The maximum atomic E-state index is 13.5. The Morgan fingerprint density at radius 1 is 1.39 bits per heavy atom. The summed E-state index contributed by atoms with van der Waals surface area (Å²) in [5.74, 6) is -1.51. The van der Waals surface area contributed by atoms with Crippen LogP contribution in [-0.4, -0.2) is 62.3 Å². The van der Waals surface area contributed by atoms with Crippen molar-refractivity contribution in [3.05, 3.63) is 53.6 Å². The summed E-state index contributed by atoms with van der Waals surface area (Å²) in [5.41, 5.74) is 1.84. The molecule has 114 valence electrons. The quantitative estimate of drug-likeness (QED) is 0.739. The van der Waals surface area contributed by atoms with Gasteiger partial charge in [0.05, 0.1) is 24.2 Å². The Bertz CT molecular complexity index is 866. The van der Waals surface area contributed by atoms with Crippen LogP contribution in [0, 0.1) is 5.82 Å². The number of carboxylic acids is 1. The van der Waals surface area contributed by atoms with E-state index in [9.17, 15) is 14.3 Å². The van der Waals surface area contributed by atoms with Crippen LogP contribution in [0.4, 0.5) is 4.39 Å². The van der Waals surface area contributed by atoms with Gasteiger partial charge in [0, 0.05) is 12.7 Å². The molecule has 0 unspecified atom stereocenters. The van der Waals surface area contributed by atoms with Crippen LogP contribution < -0.4 is 0 Å². The SMILES string of the molecule is COCc1cc(-c2cccc(F)c2)n2ncc(C(=O)O)c2n1.[NaH]. The normalized spacial score (nSPS) is 10.5. The summed E-state index contributed by atoms with van der Waals surface area (Å²) < 4.78 is 19.9. The standard InChI is InChI=1S/C15H12FN3O3.Na.H/c1-22-8-11-6-13(9-3-2-4-10(16)5-9)19-14(18-11)12(7-17-19)15(20)21;;/h2-7H,8H2,1H3,(H,20,21);;. The molecule has 2 heterocycles. The van der Waals surface area contributed by atoms with Crippen LogP contribution in [0.2, 0.25) is 0 Å². The molecule has 2 aromatic heterocycles. The molecule has 0 spiro atoms. The number of nitrogens with zero attached hydrogens (tertiary/aromatic N) is 3. The van der Waals surface area contributed by atoms with Crippen molar-refractivity contribution in [1.29, 1.82) is 0 Å². The minimum atomic E-state index is -1.12. The first-order valence-electron chi connectivity index (χ1n) is 6.46. The number of hydrogen-bond donors (Lipinski definition) is 1. The predicted octanol–water partition coefficient (Wildman–Crippen LogP) is 1.73. The van der Waals surface area contributed by atoms with Crippen LogP contribution in [0.5, 0.6) is 0 Å². The average molecular weight is 325 g/mol. The average Bonchev–Trinajstić information content (AvgIpc) is 2.90. The number of methoxy groups -OCH3 is 1. The molecule has 1 aromatic carbocycles. The molecule has 8 heteroatoms. The third kappa shape index (κ3) is 3.42. The number of hydrogen-bond acceptors (Lipinski definition) is 4. The van der Waals surface area contributed by atoms with E-state index in [1.165, 1.54) is 30.0 Å². The van der Waals surface area contributed by atoms with E-state index in [-0.39, 0.29) is 53.2 Å². The van der Waals surface area contributed by atoms with Crippen molar-refractivity contribution in [2.45, 2.75) is 6.61 Å². The number of aromatic nitrogens is 3. The van der Waals surface area contributed by atoms with Crippen LogP contribution in [0.25, 0.3) is 16.9 Å². The van der Waals surface area contributed by atoms with Gasteiger partial charge >= 0.3 is 35.5 Å². The number of ether oxygens (including phenoxy) is 1. The molecule has 3 aromatic rings. The molecule has 0 aliphatic rings. The molecule has 0 amide bonds. The van der Waals surface area contributed by atoms with Crippen LogP contribution in [0.1, 0.15) is 16.1 Å². The van der Waals surface area contributed by atoms with E-state index in [2.05, 4.69) is 10.1 Å². The summed E-state index contributed by atoms with van der Waals surface area (Å²) in [6.07, 6.45) is 1.23. The van der Waals surface area contributed by atoms with Gasteiger partial charge in [-0.05, 0) is 18.2 Å². The van der Waals surface area contributed by atoms with E-state index in [1.807, 2.05) is 0 Å². The minimum absolute atomic E-state index is 0. The van der Waals surface area contributed by atoms with Gasteiger partial charge in [-0.15, -0.1) is 0 Å². The van der Waals surface area contributed by atoms with Crippen LogP contribution >= 0.6 is 0 Å². The molecule has 0 bridgehead atoms. The van der Waals surface area contributed by atoms with E-state index in [1.54, 1.807) is 18.2 Å². The first kappa shape index (κ1) is 17.6. The number of rotatable bonds is 4. The van der Waals surface area contributed by atoms with Gasteiger partial charge in [-0.25, -0.2) is 18.7 Å².